The van der Waals surface area contributed by atoms with E-state index in [1.807, 2.05) is 31.2 Å². The molecule has 14 heavy (non-hydrogen) atoms. The molecular formula is C12H18O2. The Morgan fingerprint density at radius 2 is 1.64 bits per heavy atom. The molecule has 78 valence electrons. The summed E-state index contributed by atoms with van der Waals surface area (Å²) in [6.07, 6.45) is -0.791. The van der Waals surface area contributed by atoms with Gasteiger partial charge in [-0.1, -0.05) is 38.1 Å². The van der Waals surface area contributed by atoms with Crippen LogP contribution in [0.2, 0.25) is 0 Å². The average Bonchev–Trinajstić information content (AvgIpc) is 2.18. The smallest absolute Gasteiger partial charge is 0.181 e. The summed E-state index contributed by atoms with van der Waals surface area (Å²) in [7, 11) is 0. The van der Waals surface area contributed by atoms with Crippen LogP contribution in [0.15, 0.2) is 24.3 Å². The van der Waals surface area contributed by atoms with Gasteiger partial charge in [-0.2, -0.15) is 0 Å². The monoisotopic (exact) mass is 194 g/mol. The van der Waals surface area contributed by atoms with E-state index in [-0.39, 0.29) is 0 Å². The summed E-state index contributed by atoms with van der Waals surface area (Å²) in [6.45, 7) is 6.68. The first kappa shape index (κ1) is 11.2. The van der Waals surface area contributed by atoms with Crippen molar-refractivity contribution in [2.24, 2.45) is 0 Å². The lowest BCUT2D eigenvalue weighted by Gasteiger charge is -2.12. The normalized spacial score (nSPS) is 13.2. The van der Waals surface area contributed by atoms with E-state index in [1.54, 1.807) is 0 Å². The molecule has 0 fully saturated rings. The summed E-state index contributed by atoms with van der Waals surface area (Å²) in [4.78, 5) is 0. The molecule has 0 bridgehead atoms. The van der Waals surface area contributed by atoms with Crippen LogP contribution in [-0.2, 0) is 4.74 Å². The van der Waals surface area contributed by atoms with E-state index in [9.17, 15) is 5.11 Å². The van der Waals surface area contributed by atoms with Gasteiger partial charge in [-0.05, 0) is 18.4 Å². The van der Waals surface area contributed by atoms with Crippen molar-refractivity contribution in [1.82, 2.24) is 0 Å². The number of hydrogen-bond acceptors (Lipinski definition) is 2. The van der Waals surface area contributed by atoms with Crippen molar-refractivity contribution in [3.8, 4) is 0 Å². The molecule has 0 heterocycles. The van der Waals surface area contributed by atoms with Crippen molar-refractivity contribution < 1.29 is 9.84 Å². The minimum absolute atomic E-state index is 0.521. The van der Waals surface area contributed by atoms with Crippen molar-refractivity contribution in [3.05, 3.63) is 35.4 Å². The molecule has 0 saturated heterocycles. The first-order valence-electron chi connectivity index (χ1n) is 5.04. The fourth-order valence-corrected chi connectivity index (χ4v) is 1.30. The van der Waals surface area contributed by atoms with Crippen molar-refractivity contribution in [2.45, 2.75) is 33.0 Å². The van der Waals surface area contributed by atoms with Crippen LogP contribution in [0.5, 0.6) is 0 Å². The van der Waals surface area contributed by atoms with E-state index in [2.05, 4.69) is 13.8 Å². The molecule has 2 heteroatoms. The van der Waals surface area contributed by atoms with Crippen LogP contribution in [0.4, 0.5) is 0 Å². The maximum atomic E-state index is 9.53. The molecule has 0 aromatic heterocycles. The van der Waals surface area contributed by atoms with Crippen LogP contribution >= 0.6 is 0 Å². The minimum atomic E-state index is -0.791. The van der Waals surface area contributed by atoms with Crippen LogP contribution in [0.3, 0.4) is 0 Å². The second-order valence-corrected chi connectivity index (χ2v) is 3.63. The molecule has 1 aromatic rings. The van der Waals surface area contributed by atoms with Gasteiger partial charge in [0.05, 0.1) is 0 Å². The molecule has 2 nitrogen and oxygen atoms in total. The quantitative estimate of drug-likeness (QED) is 0.747. The summed E-state index contributed by atoms with van der Waals surface area (Å²) in [5, 5.41) is 9.53. The standard InChI is InChI=1S/C12H18O2/c1-4-14-12(13)11-7-5-10(6-8-11)9(2)3/h5-9,12-13H,4H2,1-3H3. The van der Waals surface area contributed by atoms with Gasteiger partial charge in [0.15, 0.2) is 6.29 Å². The van der Waals surface area contributed by atoms with E-state index in [0.717, 1.165) is 5.56 Å². The van der Waals surface area contributed by atoms with Crippen LogP contribution in [0.1, 0.15) is 44.1 Å². The molecule has 0 radical (unpaired) electrons. The van der Waals surface area contributed by atoms with Gasteiger partial charge in [-0.15, -0.1) is 0 Å². The van der Waals surface area contributed by atoms with Crippen LogP contribution < -0.4 is 0 Å². The number of ether oxygens (including phenoxy) is 1. The van der Waals surface area contributed by atoms with E-state index < -0.39 is 6.29 Å². The number of benzene rings is 1. The van der Waals surface area contributed by atoms with E-state index in [1.165, 1.54) is 5.56 Å². The Bertz CT molecular complexity index is 264. The van der Waals surface area contributed by atoms with E-state index in [0.29, 0.717) is 12.5 Å². The predicted molar refractivity (Wildman–Crippen MR) is 57.1 cm³/mol. The molecule has 0 aliphatic carbocycles. The molecule has 1 atom stereocenters. The Kier molecular flexibility index (Phi) is 4.11. The summed E-state index contributed by atoms with van der Waals surface area (Å²) < 4.78 is 5.08. The number of aliphatic hydroxyl groups is 1. The molecule has 0 aliphatic heterocycles. The van der Waals surface area contributed by atoms with Gasteiger partial charge in [-0.25, -0.2) is 0 Å². The van der Waals surface area contributed by atoms with Crippen molar-refractivity contribution in [2.75, 3.05) is 6.61 Å². The molecule has 0 amide bonds. The summed E-state index contributed by atoms with van der Waals surface area (Å²) in [5.41, 5.74) is 2.09. The second-order valence-electron chi connectivity index (χ2n) is 3.63. The highest BCUT2D eigenvalue weighted by molar-refractivity contribution is 5.25. The largest absolute Gasteiger partial charge is 0.364 e. The Balaban J connectivity index is 2.72. The Labute approximate surface area is 85.5 Å². The van der Waals surface area contributed by atoms with Crippen molar-refractivity contribution in [1.29, 1.82) is 0 Å². The number of aliphatic hydroxyl groups excluding tert-OH is 1. The SMILES string of the molecule is CCOC(O)c1ccc(C(C)C)cc1. The van der Waals surface area contributed by atoms with Gasteiger partial charge in [-0.3, -0.25) is 0 Å². The fourth-order valence-electron chi connectivity index (χ4n) is 1.30. The van der Waals surface area contributed by atoms with Gasteiger partial charge >= 0.3 is 0 Å². The highest BCUT2D eigenvalue weighted by atomic mass is 16.6. The minimum Gasteiger partial charge on any atom is -0.364 e. The maximum absolute atomic E-state index is 9.53. The molecule has 0 spiro atoms. The molecular weight excluding hydrogens is 176 g/mol. The van der Waals surface area contributed by atoms with Gasteiger partial charge in [0, 0.05) is 12.2 Å². The lowest BCUT2D eigenvalue weighted by molar-refractivity contribution is -0.0979. The summed E-state index contributed by atoms with van der Waals surface area (Å²) in [6, 6.07) is 7.88. The van der Waals surface area contributed by atoms with Gasteiger partial charge < -0.3 is 9.84 Å². The average molecular weight is 194 g/mol. The molecule has 1 aromatic carbocycles. The Morgan fingerprint density at radius 3 is 2.07 bits per heavy atom. The van der Waals surface area contributed by atoms with Crippen LogP contribution in [0, 0.1) is 0 Å². The lowest BCUT2D eigenvalue weighted by atomic mass is 10.0. The number of rotatable bonds is 4. The Hall–Kier alpha value is -0.860. The van der Waals surface area contributed by atoms with Gasteiger partial charge in [0.2, 0.25) is 0 Å². The molecule has 0 aliphatic rings. The third kappa shape index (κ3) is 2.82. The summed E-state index contributed by atoms with van der Waals surface area (Å²) >= 11 is 0. The molecule has 1 N–H and O–H groups in total. The van der Waals surface area contributed by atoms with Crippen molar-refractivity contribution >= 4 is 0 Å². The second kappa shape index (κ2) is 5.13. The lowest BCUT2D eigenvalue weighted by Crippen LogP contribution is -2.02. The highest BCUT2D eigenvalue weighted by Crippen LogP contribution is 2.19. The van der Waals surface area contributed by atoms with Crippen LogP contribution in [-0.4, -0.2) is 11.7 Å². The van der Waals surface area contributed by atoms with Gasteiger partial charge in [0.1, 0.15) is 0 Å². The fraction of sp³-hybridized carbons (Fsp3) is 0.500. The van der Waals surface area contributed by atoms with Gasteiger partial charge in [0.25, 0.3) is 0 Å². The number of hydrogen-bond donors (Lipinski definition) is 1. The third-order valence-corrected chi connectivity index (χ3v) is 2.21. The van der Waals surface area contributed by atoms with E-state index >= 15 is 0 Å². The predicted octanol–water partition coefficient (Wildman–Crippen LogP) is 2.84. The first-order valence-corrected chi connectivity index (χ1v) is 5.04. The third-order valence-electron chi connectivity index (χ3n) is 2.21. The Morgan fingerprint density at radius 1 is 1.14 bits per heavy atom. The zero-order valence-electron chi connectivity index (χ0n) is 9.03. The van der Waals surface area contributed by atoms with Crippen LogP contribution in [0.25, 0.3) is 0 Å². The van der Waals surface area contributed by atoms with E-state index in [4.69, 9.17) is 4.74 Å². The first-order chi connectivity index (χ1) is 6.65. The highest BCUT2D eigenvalue weighted by Gasteiger charge is 2.06. The van der Waals surface area contributed by atoms with Crippen molar-refractivity contribution in [3.63, 3.8) is 0 Å². The maximum Gasteiger partial charge on any atom is 0.181 e. The molecule has 1 unspecified atom stereocenters. The molecule has 1 rings (SSSR count). The zero-order valence-corrected chi connectivity index (χ0v) is 9.03. The summed E-state index contributed by atoms with van der Waals surface area (Å²) in [5.74, 6) is 0.522. The topological polar surface area (TPSA) is 29.5 Å². The zero-order chi connectivity index (χ0) is 10.6. The molecule has 0 saturated carbocycles.